The van der Waals surface area contributed by atoms with Gasteiger partial charge in [-0.3, -0.25) is 0 Å². The molecule has 0 fully saturated rings. The van der Waals surface area contributed by atoms with E-state index in [1.807, 2.05) is 14.8 Å². The highest BCUT2D eigenvalue weighted by atomic mass is 19.3. The van der Waals surface area contributed by atoms with Gasteiger partial charge in [-0.1, -0.05) is 11.0 Å². The molecule has 0 unspecified atom stereocenters. The molecule has 68 valence electrons. The topological polar surface area (TPSA) is 18.5 Å². The Labute approximate surface area is 74.9 Å². The molecule has 0 radical (unpaired) electrons. The first-order chi connectivity index (χ1) is 5.98. The van der Waals surface area contributed by atoms with E-state index in [-0.39, 0.29) is 11.5 Å². The van der Waals surface area contributed by atoms with E-state index in [1.54, 1.807) is 12.1 Å². The first kappa shape index (κ1) is 8.35. The van der Waals surface area contributed by atoms with Crippen LogP contribution in [0.4, 0.5) is 8.78 Å². The lowest BCUT2D eigenvalue weighted by molar-refractivity contribution is -0.286. The molecule has 13 heavy (non-hydrogen) atoms. The zero-order valence-corrected chi connectivity index (χ0v) is 7.23. The minimum absolute atomic E-state index is 0.105. The maximum Gasteiger partial charge on any atom is 0.586 e. The van der Waals surface area contributed by atoms with Gasteiger partial charge in [-0.2, -0.15) is 0 Å². The number of halogens is 2. The molecule has 2 rings (SSSR count). The Hall–Kier alpha value is -1.26. The molecule has 0 aliphatic carbocycles. The number of rotatable bonds is 0. The van der Waals surface area contributed by atoms with Crippen molar-refractivity contribution in [2.24, 2.45) is 0 Å². The molecule has 2 nitrogen and oxygen atoms in total. The van der Waals surface area contributed by atoms with Gasteiger partial charge in [-0.15, -0.1) is 8.78 Å². The van der Waals surface area contributed by atoms with E-state index >= 15 is 0 Å². The highest BCUT2D eigenvalue weighted by Gasteiger charge is 2.43. The van der Waals surface area contributed by atoms with Crippen LogP contribution in [-0.2, 0) is 0 Å². The number of benzene rings is 1. The molecular weight excluding hydrogens is 177 g/mol. The second kappa shape index (κ2) is 2.37. The second-order valence-electron chi connectivity index (χ2n) is 3.05. The lowest BCUT2D eigenvalue weighted by Crippen LogP contribution is -2.26. The van der Waals surface area contributed by atoms with Crippen molar-refractivity contribution >= 4 is 13.3 Å². The van der Waals surface area contributed by atoms with Crippen molar-refractivity contribution < 1.29 is 18.3 Å². The summed E-state index contributed by atoms with van der Waals surface area (Å²) >= 11 is 0. The van der Waals surface area contributed by atoms with Gasteiger partial charge in [0.1, 0.15) is 7.85 Å². The van der Waals surface area contributed by atoms with Gasteiger partial charge in [-0.05, 0) is 19.1 Å². The van der Waals surface area contributed by atoms with Gasteiger partial charge in [0.25, 0.3) is 0 Å². The second-order valence-corrected chi connectivity index (χ2v) is 3.05. The largest absolute Gasteiger partial charge is 0.586 e. The smallest absolute Gasteiger partial charge is 0.395 e. The standard InChI is InChI=1S/C8H7BF2O2/c1-4-2-6-7(3-5(4)9)13-8(10,11)12-6/h2-3H,9H2,1H3. The number of ether oxygens (including phenoxy) is 2. The maximum absolute atomic E-state index is 12.6. The first-order valence-corrected chi connectivity index (χ1v) is 3.85. The first-order valence-electron chi connectivity index (χ1n) is 3.85. The fourth-order valence-corrected chi connectivity index (χ4v) is 1.20. The summed E-state index contributed by atoms with van der Waals surface area (Å²) in [4.78, 5) is 0. The Morgan fingerprint density at radius 2 is 1.77 bits per heavy atom. The van der Waals surface area contributed by atoms with Crippen LogP contribution in [0.2, 0.25) is 0 Å². The molecule has 0 spiro atoms. The zero-order chi connectivity index (χ0) is 9.64. The molecule has 0 N–H and O–H groups in total. The predicted octanol–water partition coefficient (Wildman–Crippen LogP) is 0.575. The molecule has 1 aliphatic rings. The Kier molecular flexibility index (Phi) is 1.52. The average molecular weight is 184 g/mol. The monoisotopic (exact) mass is 184 g/mol. The minimum atomic E-state index is -3.51. The van der Waals surface area contributed by atoms with E-state index in [0.29, 0.717) is 0 Å². The normalized spacial score (nSPS) is 17.5. The van der Waals surface area contributed by atoms with E-state index in [4.69, 9.17) is 0 Å². The summed E-state index contributed by atoms with van der Waals surface area (Å²) in [7, 11) is 1.83. The molecule has 0 saturated heterocycles. The molecule has 1 aromatic rings. The third-order valence-electron chi connectivity index (χ3n) is 2.02. The summed E-state index contributed by atoms with van der Waals surface area (Å²) in [6, 6.07) is 3.09. The molecule has 5 heteroatoms. The van der Waals surface area contributed by atoms with Crippen molar-refractivity contribution in [3.8, 4) is 11.5 Å². The van der Waals surface area contributed by atoms with Gasteiger partial charge < -0.3 is 9.47 Å². The van der Waals surface area contributed by atoms with E-state index < -0.39 is 6.29 Å². The Bertz CT molecular complexity index is 332. The lowest BCUT2D eigenvalue weighted by Gasteiger charge is -2.04. The van der Waals surface area contributed by atoms with Crippen molar-refractivity contribution in [1.29, 1.82) is 0 Å². The zero-order valence-electron chi connectivity index (χ0n) is 7.23. The van der Waals surface area contributed by atoms with Crippen LogP contribution in [-0.4, -0.2) is 14.1 Å². The molecule has 1 aliphatic heterocycles. The van der Waals surface area contributed by atoms with Crippen LogP contribution in [0.1, 0.15) is 5.56 Å². The number of hydrogen-bond acceptors (Lipinski definition) is 2. The summed E-state index contributed by atoms with van der Waals surface area (Å²) in [5.74, 6) is 0.209. The molecule has 0 aromatic heterocycles. The number of aryl methyl sites for hydroxylation is 1. The fraction of sp³-hybridized carbons (Fsp3) is 0.250. The van der Waals surface area contributed by atoms with Gasteiger partial charge in [0, 0.05) is 0 Å². The number of fused-ring (bicyclic) bond motifs is 1. The molecule has 0 amide bonds. The summed E-state index contributed by atoms with van der Waals surface area (Å²) in [5, 5.41) is 0. The quantitative estimate of drug-likeness (QED) is 0.549. The van der Waals surface area contributed by atoms with Crippen molar-refractivity contribution in [2.45, 2.75) is 13.2 Å². The van der Waals surface area contributed by atoms with Gasteiger partial charge >= 0.3 is 6.29 Å². The minimum Gasteiger partial charge on any atom is -0.395 e. The SMILES string of the molecule is Bc1cc2c(cc1C)OC(F)(F)O2. The van der Waals surface area contributed by atoms with Crippen LogP contribution in [0, 0.1) is 6.92 Å². The molecule has 1 heterocycles. The molecular formula is C8H7BF2O2. The highest BCUT2D eigenvalue weighted by molar-refractivity contribution is 6.33. The van der Waals surface area contributed by atoms with Gasteiger partial charge in [0.15, 0.2) is 11.5 Å². The lowest BCUT2D eigenvalue weighted by atomic mass is 9.91. The Morgan fingerprint density at radius 3 is 2.38 bits per heavy atom. The van der Waals surface area contributed by atoms with E-state index in [9.17, 15) is 8.78 Å². The fourth-order valence-electron chi connectivity index (χ4n) is 1.20. The summed E-state index contributed by atoms with van der Waals surface area (Å²) in [6.07, 6.45) is -3.51. The molecule has 0 bridgehead atoms. The van der Waals surface area contributed by atoms with Gasteiger partial charge in [0.2, 0.25) is 0 Å². The molecule has 0 atom stereocenters. The van der Waals surface area contributed by atoms with Crippen LogP contribution in [0.3, 0.4) is 0 Å². The van der Waals surface area contributed by atoms with Crippen molar-refractivity contribution in [3.05, 3.63) is 17.7 Å². The third kappa shape index (κ3) is 1.34. The maximum atomic E-state index is 12.6. The van der Waals surface area contributed by atoms with E-state index in [1.165, 1.54) is 0 Å². The Morgan fingerprint density at radius 1 is 1.23 bits per heavy atom. The third-order valence-corrected chi connectivity index (χ3v) is 2.02. The van der Waals surface area contributed by atoms with Crippen molar-refractivity contribution in [1.82, 2.24) is 0 Å². The number of hydrogen-bond donors (Lipinski definition) is 0. The van der Waals surface area contributed by atoms with Crippen molar-refractivity contribution in [2.75, 3.05) is 0 Å². The van der Waals surface area contributed by atoms with Crippen LogP contribution in [0.25, 0.3) is 0 Å². The summed E-state index contributed by atoms with van der Waals surface area (Å²) in [6.45, 7) is 1.83. The van der Waals surface area contributed by atoms with Crippen LogP contribution in [0.5, 0.6) is 11.5 Å². The van der Waals surface area contributed by atoms with Crippen LogP contribution in [0.15, 0.2) is 12.1 Å². The van der Waals surface area contributed by atoms with Gasteiger partial charge in [0.05, 0.1) is 0 Å². The molecule has 1 aromatic carbocycles. The summed E-state index contributed by atoms with van der Waals surface area (Å²) in [5.41, 5.74) is 1.81. The van der Waals surface area contributed by atoms with E-state index in [0.717, 1.165) is 11.0 Å². The predicted molar refractivity (Wildman–Crippen MR) is 45.6 cm³/mol. The summed E-state index contributed by atoms with van der Waals surface area (Å²) < 4.78 is 33.7. The van der Waals surface area contributed by atoms with E-state index in [2.05, 4.69) is 9.47 Å². The van der Waals surface area contributed by atoms with Crippen molar-refractivity contribution in [3.63, 3.8) is 0 Å². The highest BCUT2D eigenvalue weighted by Crippen LogP contribution is 2.40. The van der Waals surface area contributed by atoms with Crippen LogP contribution >= 0.6 is 0 Å². The Balaban J connectivity index is 2.48. The average Bonchev–Trinajstić information content (AvgIpc) is 2.24. The van der Waals surface area contributed by atoms with Gasteiger partial charge in [-0.25, -0.2) is 0 Å². The number of alkyl halides is 2. The van der Waals surface area contributed by atoms with Crippen LogP contribution < -0.4 is 14.9 Å². The molecule has 0 saturated carbocycles.